The van der Waals surface area contributed by atoms with Crippen molar-refractivity contribution in [1.82, 2.24) is 4.98 Å². The van der Waals surface area contributed by atoms with E-state index in [0.29, 0.717) is 5.56 Å². The zero-order chi connectivity index (χ0) is 20.6. The Hall–Kier alpha value is -3.20. The van der Waals surface area contributed by atoms with E-state index in [2.05, 4.69) is 9.71 Å². The number of hydrogen-bond acceptors (Lipinski definition) is 7. The van der Waals surface area contributed by atoms with Crippen LogP contribution in [0.15, 0.2) is 53.6 Å². The van der Waals surface area contributed by atoms with Crippen LogP contribution in [0.25, 0.3) is 6.08 Å². The average Bonchev–Trinajstić information content (AvgIpc) is 2.67. The van der Waals surface area contributed by atoms with Gasteiger partial charge in [0.2, 0.25) is 0 Å². The maximum absolute atomic E-state index is 12.5. The van der Waals surface area contributed by atoms with Crippen LogP contribution >= 0.6 is 0 Å². The lowest BCUT2D eigenvalue weighted by Gasteiger charge is -2.08. The van der Waals surface area contributed by atoms with Crippen molar-refractivity contribution in [1.29, 1.82) is 0 Å². The summed E-state index contributed by atoms with van der Waals surface area (Å²) in [7, 11) is -3.84. The van der Waals surface area contributed by atoms with Gasteiger partial charge in [0.05, 0.1) is 30.0 Å². The first kappa shape index (κ1) is 21.1. The SMILES string of the molecule is CCOC(=O)C=Cc1ccc(S(=O)(=O)Nc2ccc(C(=O)OCC)nc2)cc1. The van der Waals surface area contributed by atoms with E-state index in [1.54, 1.807) is 26.0 Å². The number of nitrogens with one attached hydrogen (secondary N) is 1. The molecule has 2 aromatic rings. The Morgan fingerprint density at radius 3 is 2.29 bits per heavy atom. The minimum atomic E-state index is -3.84. The predicted octanol–water partition coefficient (Wildman–Crippen LogP) is 2.64. The summed E-state index contributed by atoms with van der Waals surface area (Å²) in [5.74, 6) is -1.05. The van der Waals surface area contributed by atoms with Crippen molar-refractivity contribution in [3.63, 3.8) is 0 Å². The summed E-state index contributed by atoms with van der Waals surface area (Å²) in [6.07, 6.45) is 4.03. The number of sulfonamides is 1. The summed E-state index contributed by atoms with van der Waals surface area (Å²) in [5.41, 5.74) is 0.939. The van der Waals surface area contributed by atoms with Crippen LogP contribution in [0.3, 0.4) is 0 Å². The van der Waals surface area contributed by atoms with Crippen LogP contribution in [-0.2, 0) is 24.3 Å². The Labute approximate surface area is 163 Å². The number of carbonyl (C=O) groups excluding carboxylic acids is 2. The van der Waals surface area contributed by atoms with E-state index in [1.165, 1.54) is 42.6 Å². The Bertz CT molecular complexity index is 951. The summed E-state index contributed by atoms with van der Waals surface area (Å²) in [4.78, 5) is 26.8. The van der Waals surface area contributed by atoms with E-state index in [0.717, 1.165) is 0 Å². The van der Waals surface area contributed by atoms with Crippen molar-refractivity contribution in [2.75, 3.05) is 17.9 Å². The molecule has 8 nitrogen and oxygen atoms in total. The lowest BCUT2D eigenvalue weighted by atomic mass is 10.2. The Morgan fingerprint density at radius 1 is 1.04 bits per heavy atom. The minimum absolute atomic E-state index is 0.0373. The number of rotatable bonds is 8. The molecule has 0 aliphatic rings. The normalized spacial score (nSPS) is 11.2. The topological polar surface area (TPSA) is 112 Å². The van der Waals surface area contributed by atoms with Crippen LogP contribution in [0.1, 0.15) is 29.9 Å². The number of ether oxygens (including phenoxy) is 2. The van der Waals surface area contributed by atoms with Gasteiger partial charge in [-0.15, -0.1) is 0 Å². The second kappa shape index (κ2) is 9.65. The van der Waals surface area contributed by atoms with E-state index in [9.17, 15) is 18.0 Å². The van der Waals surface area contributed by atoms with Gasteiger partial charge in [0.15, 0.2) is 0 Å². The molecular weight excluding hydrogens is 384 g/mol. The van der Waals surface area contributed by atoms with Gasteiger partial charge < -0.3 is 9.47 Å². The van der Waals surface area contributed by atoms with Crippen LogP contribution in [0.5, 0.6) is 0 Å². The quantitative estimate of drug-likeness (QED) is 0.532. The molecule has 0 atom stereocenters. The molecule has 0 saturated carbocycles. The fourth-order valence-corrected chi connectivity index (χ4v) is 3.15. The van der Waals surface area contributed by atoms with E-state index in [4.69, 9.17) is 9.47 Å². The lowest BCUT2D eigenvalue weighted by Crippen LogP contribution is -2.14. The Balaban J connectivity index is 2.08. The number of benzene rings is 1. The molecule has 2 rings (SSSR count). The third kappa shape index (κ3) is 5.92. The molecule has 0 saturated heterocycles. The van der Waals surface area contributed by atoms with Crippen LogP contribution in [-0.4, -0.2) is 38.6 Å². The van der Waals surface area contributed by atoms with Gasteiger partial charge in [-0.3, -0.25) is 4.72 Å². The molecule has 28 heavy (non-hydrogen) atoms. The highest BCUT2D eigenvalue weighted by atomic mass is 32.2. The van der Waals surface area contributed by atoms with Gasteiger partial charge in [0, 0.05) is 6.08 Å². The highest BCUT2D eigenvalue weighted by Gasteiger charge is 2.15. The monoisotopic (exact) mass is 404 g/mol. The van der Waals surface area contributed by atoms with Gasteiger partial charge in [-0.1, -0.05) is 12.1 Å². The van der Waals surface area contributed by atoms with Gasteiger partial charge in [-0.2, -0.15) is 0 Å². The van der Waals surface area contributed by atoms with Crippen molar-refractivity contribution in [3.05, 3.63) is 59.9 Å². The second-order valence-corrected chi connectivity index (χ2v) is 7.09. The van der Waals surface area contributed by atoms with E-state index >= 15 is 0 Å². The summed E-state index contributed by atoms with van der Waals surface area (Å²) in [6.45, 7) is 3.89. The smallest absolute Gasteiger partial charge is 0.356 e. The van der Waals surface area contributed by atoms with Gasteiger partial charge in [0.1, 0.15) is 5.69 Å². The molecular formula is C19H20N2O6S. The molecule has 9 heteroatoms. The van der Waals surface area contributed by atoms with Crippen LogP contribution < -0.4 is 4.72 Å². The summed E-state index contributed by atoms with van der Waals surface area (Å²) in [5, 5.41) is 0. The number of pyridine rings is 1. The number of nitrogens with zero attached hydrogens (tertiary/aromatic N) is 1. The summed E-state index contributed by atoms with van der Waals surface area (Å²) < 4.78 is 36.9. The molecule has 0 unspecified atom stereocenters. The maximum atomic E-state index is 12.5. The summed E-state index contributed by atoms with van der Waals surface area (Å²) in [6, 6.07) is 8.74. The molecule has 0 fully saturated rings. The van der Waals surface area contributed by atoms with Crippen molar-refractivity contribution < 1.29 is 27.5 Å². The van der Waals surface area contributed by atoms with E-state index in [1.807, 2.05) is 0 Å². The van der Waals surface area contributed by atoms with Gasteiger partial charge in [-0.05, 0) is 49.8 Å². The molecule has 1 aromatic carbocycles. The molecule has 0 radical (unpaired) electrons. The van der Waals surface area contributed by atoms with Gasteiger partial charge >= 0.3 is 11.9 Å². The molecule has 0 bridgehead atoms. The third-order valence-electron chi connectivity index (χ3n) is 3.39. The molecule has 0 amide bonds. The standard InChI is InChI=1S/C19H20N2O6S/c1-3-26-18(22)12-7-14-5-9-16(10-6-14)28(24,25)21-15-8-11-17(20-13-15)19(23)27-4-2/h5-13,21H,3-4H2,1-2H3. The molecule has 1 aromatic heterocycles. The molecule has 1 N–H and O–H groups in total. The van der Waals surface area contributed by atoms with Gasteiger partial charge in [-0.25, -0.2) is 23.0 Å². The highest BCUT2D eigenvalue weighted by Crippen LogP contribution is 2.17. The van der Waals surface area contributed by atoms with Crippen LogP contribution in [0.4, 0.5) is 5.69 Å². The van der Waals surface area contributed by atoms with Crippen LogP contribution in [0.2, 0.25) is 0 Å². The zero-order valence-corrected chi connectivity index (χ0v) is 16.2. The van der Waals surface area contributed by atoms with Crippen molar-refractivity contribution in [2.24, 2.45) is 0 Å². The molecule has 148 valence electrons. The average molecular weight is 404 g/mol. The Kier molecular flexibility index (Phi) is 7.28. The number of aromatic nitrogens is 1. The predicted molar refractivity (Wildman–Crippen MR) is 103 cm³/mol. The number of anilines is 1. The number of carbonyl (C=O) groups is 2. The highest BCUT2D eigenvalue weighted by molar-refractivity contribution is 7.92. The van der Waals surface area contributed by atoms with Crippen LogP contribution in [0, 0.1) is 0 Å². The fourth-order valence-electron chi connectivity index (χ4n) is 2.11. The molecule has 0 aliphatic heterocycles. The first-order valence-electron chi connectivity index (χ1n) is 8.46. The molecule has 0 spiro atoms. The Morgan fingerprint density at radius 2 is 1.71 bits per heavy atom. The van der Waals surface area contributed by atoms with E-state index < -0.39 is 22.0 Å². The van der Waals surface area contributed by atoms with Crippen molar-refractivity contribution in [3.8, 4) is 0 Å². The van der Waals surface area contributed by atoms with Crippen molar-refractivity contribution >= 4 is 33.7 Å². The first-order chi connectivity index (χ1) is 13.4. The molecule has 0 aliphatic carbocycles. The fraction of sp³-hybridized carbons (Fsp3) is 0.211. The molecule has 1 heterocycles. The second-order valence-electron chi connectivity index (χ2n) is 5.41. The summed E-state index contributed by atoms with van der Waals surface area (Å²) >= 11 is 0. The number of hydrogen-bond donors (Lipinski definition) is 1. The van der Waals surface area contributed by atoms with E-state index in [-0.39, 0.29) is 29.5 Å². The minimum Gasteiger partial charge on any atom is -0.463 e. The zero-order valence-electron chi connectivity index (χ0n) is 15.4. The van der Waals surface area contributed by atoms with Gasteiger partial charge in [0.25, 0.3) is 10.0 Å². The lowest BCUT2D eigenvalue weighted by molar-refractivity contribution is -0.137. The van der Waals surface area contributed by atoms with Crippen molar-refractivity contribution in [2.45, 2.75) is 18.7 Å². The largest absolute Gasteiger partial charge is 0.463 e. The number of esters is 2. The maximum Gasteiger partial charge on any atom is 0.356 e. The first-order valence-corrected chi connectivity index (χ1v) is 9.95. The third-order valence-corrected chi connectivity index (χ3v) is 4.79.